The van der Waals surface area contributed by atoms with Crippen molar-refractivity contribution < 1.29 is 9.21 Å². The standard InChI is InChI=1S/C19H16N6O2/c1-11(26)25-5-4-15-14(10-25)17(13(7-20)18(21)24-15)12-8-22-19(23-9-12)16-3-2-6-27-16/h2-3,6,8-9H,4-5,10H2,1H3,(H2,21,24). The zero-order valence-electron chi connectivity index (χ0n) is 14.6. The van der Waals surface area contributed by atoms with E-state index in [1.165, 1.54) is 6.92 Å². The first-order valence-corrected chi connectivity index (χ1v) is 8.41. The molecule has 3 aromatic rings. The number of nitrogen functional groups attached to an aromatic ring is 1. The number of aromatic nitrogens is 3. The third-order valence-electron chi connectivity index (χ3n) is 4.62. The van der Waals surface area contributed by atoms with Crippen LogP contribution in [0.4, 0.5) is 5.82 Å². The van der Waals surface area contributed by atoms with E-state index in [-0.39, 0.29) is 17.3 Å². The van der Waals surface area contributed by atoms with Crippen LogP contribution in [-0.2, 0) is 17.8 Å². The molecule has 0 radical (unpaired) electrons. The highest BCUT2D eigenvalue weighted by atomic mass is 16.3. The molecule has 0 aromatic carbocycles. The van der Waals surface area contributed by atoms with Gasteiger partial charge in [0.1, 0.15) is 17.5 Å². The fraction of sp³-hybridized carbons (Fsp3) is 0.211. The molecule has 3 aromatic heterocycles. The summed E-state index contributed by atoms with van der Waals surface area (Å²) in [5.74, 6) is 1.16. The molecule has 0 fully saturated rings. The minimum absolute atomic E-state index is 0.0219. The minimum atomic E-state index is -0.0219. The molecule has 0 saturated carbocycles. The van der Waals surface area contributed by atoms with Gasteiger partial charge in [0.05, 0.1) is 12.0 Å². The first kappa shape index (κ1) is 16.7. The van der Waals surface area contributed by atoms with Crippen LogP contribution < -0.4 is 5.73 Å². The Bertz CT molecular complexity index is 1050. The fourth-order valence-electron chi connectivity index (χ4n) is 3.27. The third-order valence-corrected chi connectivity index (χ3v) is 4.62. The van der Waals surface area contributed by atoms with Gasteiger partial charge in [0, 0.05) is 55.5 Å². The molecule has 8 nitrogen and oxygen atoms in total. The Balaban J connectivity index is 1.85. The SMILES string of the molecule is CC(=O)N1CCc2nc(N)c(C#N)c(-c3cnc(-c4ccco4)nc3)c2C1. The number of furan rings is 1. The lowest BCUT2D eigenvalue weighted by Gasteiger charge is -2.29. The van der Waals surface area contributed by atoms with Crippen LogP contribution in [0.15, 0.2) is 35.2 Å². The molecule has 1 aliphatic heterocycles. The number of hydrogen-bond acceptors (Lipinski definition) is 7. The number of anilines is 1. The Morgan fingerprint density at radius 3 is 2.78 bits per heavy atom. The molecular formula is C19H16N6O2. The number of rotatable bonds is 2. The summed E-state index contributed by atoms with van der Waals surface area (Å²) in [6.45, 7) is 2.48. The second-order valence-corrected chi connectivity index (χ2v) is 6.25. The number of carbonyl (C=O) groups excluding carboxylic acids is 1. The van der Waals surface area contributed by atoms with Crippen molar-refractivity contribution in [3.8, 4) is 28.8 Å². The molecule has 27 heavy (non-hydrogen) atoms. The first-order valence-electron chi connectivity index (χ1n) is 8.41. The maximum atomic E-state index is 11.8. The third kappa shape index (κ3) is 2.89. The second-order valence-electron chi connectivity index (χ2n) is 6.25. The maximum absolute atomic E-state index is 11.8. The summed E-state index contributed by atoms with van der Waals surface area (Å²) in [6.07, 6.45) is 5.40. The Morgan fingerprint density at radius 2 is 2.15 bits per heavy atom. The number of amides is 1. The van der Waals surface area contributed by atoms with Crippen molar-refractivity contribution in [2.75, 3.05) is 12.3 Å². The molecule has 4 heterocycles. The normalized spacial score (nSPS) is 13.1. The molecule has 0 atom stereocenters. The van der Waals surface area contributed by atoms with E-state index in [0.717, 1.165) is 11.3 Å². The maximum Gasteiger partial charge on any atom is 0.219 e. The summed E-state index contributed by atoms with van der Waals surface area (Å²) in [5.41, 5.74) is 9.20. The van der Waals surface area contributed by atoms with Crippen LogP contribution in [0.1, 0.15) is 23.7 Å². The molecule has 8 heteroatoms. The summed E-state index contributed by atoms with van der Waals surface area (Å²) >= 11 is 0. The average molecular weight is 360 g/mol. The molecule has 4 rings (SSSR count). The quantitative estimate of drug-likeness (QED) is 0.743. The lowest BCUT2D eigenvalue weighted by molar-refractivity contribution is -0.129. The summed E-state index contributed by atoms with van der Waals surface area (Å²) in [7, 11) is 0. The van der Waals surface area contributed by atoms with Crippen LogP contribution in [0.25, 0.3) is 22.7 Å². The van der Waals surface area contributed by atoms with E-state index in [4.69, 9.17) is 10.2 Å². The van der Waals surface area contributed by atoms with Crippen LogP contribution in [0.3, 0.4) is 0 Å². The average Bonchev–Trinajstić information content (AvgIpc) is 3.21. The van der Waals surface area contributed by atoms with Gasteiger partial charge in [0.25, 0.3) is 0 Å². The van der Waals surface area contributed by atoms with Gasteiger partial charge in [-0.05, 0) is 12.1 Å². The molecule has 0 bridgehead atoms. The number of nitriles is 1. The number of nitrogens with two attached hydrogens (primary N) is 1. The van der Waals surface area contributed by atoms with Crippen LogP contribution in [0, 0.1) is 11.3 Å². The van der Waals surface area contributed by atoms with E-state index in [1.807, 2.05) is 0 Å². The van der Waals surface area contributed by atoms with Gasteiger partial charge in [-0.25, -0.2) is 15.0 Å². The van der Waals surface area contributed by atoms with Crippen molar-refractivity contribution in [1.82, 2.24) is 19.9 Å². The van der Waals surface area contributed by atoms with Gasteiger partial charge < -0.3 is 15.1 Å². The van der Waals surface area contributed by atoms with Gasteiger partial charge in [0.2, 0.25) is 5.91 Å². The Kier molecular flexibility index (Phi) is 4.05. The molecule has 1 amide bonds. The van der Waals surface area contributed by atoms with Crippen LogP contribution in [0.5, 0.6) is 0 Å². The highest BCUT2D eigenvalue weighted by Gasteiger charge is 2.26. The smallest absolute Gasteiger partial charge is 0.219 e. The van der Waals surface area contributed by atoms with E-state index in [2.05, 4.69) is 21.0 Å². The number of pyridine rings is 1. The van der Waals surface area contributed by atoms with E-state index >= 15 is 0 Å². The van der Waals surface area contributed by atoms with E-state index < -0.39 is 0 Å². The van der Waals surface area contributed by atoms with Gasteiger partial charge >= 0.3 is 0 Å². The number of fused-ring (bicyclic) bond motifs is 1. The van der Waals surface area contributed by atoms with Crippen LogP contribution in [-0.4, -0.2) is 32.3 Å². The predicted molar refractivity (Wildman–Crippen MR) is 96.9 cm³/mol. The van der Waals surface area contributed by atoms with Crippen molar-refractivity contribution in [2.45, 2.75) is 19.9 Å². The Morgan fingerprint density at radius 1 is 1.37 bits per heavy atom. The largest absolute Gasteiger partial charge is 0.461 e. The highest BCUT2D eigenvalue weighted by molar-refractivity contribution is 5.80. The number of nitrogens with zero attached hydrogens (tertiary/aromatic N) is 5. The van der Waals surface area contributed by atoms with Crippen LogP contribution in [0.2, 0.25) is 0 Å². The zero-order valence-corrected chi connectivity index (χ0v) is 14.6. The van der Waals surface area contributed by atoms with Gasteiger partial charge in [-0.3, -0.25) is 4.79 Å². The fourth-order valence-corrected chi connectivity index (χ4v) is 3.27. The molecule has 0 aliphatic carbocycles. The van der Waals surface area contributed by atoms with Gasteiger partial charge in [0.15, 0.2) is 11.6 Å². The summed E-state index contributed by atoms with van der Waals surface area (Å²) in [4.78, 5) is 26.6. The Labute approximate surface area is 155 Å². The molecule has 134 valence electrons. The zero-order chi connectivity index (χ0) is 19.0. The van der Waals surface area contributed by atoms with E-state index in [1.54, 1.807) is 35.7 Å². The van der Waals surface area contributed by atoms with Crippen molar-refractivity contribution >= 4 is 11.7 Å². The van der Waals surface area contributed by atoms with Gasteiger partial charge in [-0.2, -0.15) is 5.26 Å². The van der Waals surface area contributed by atoms with Crippen LogP contribution >= 0.6 is 0 Å². The highest BCUT2D eigenvalue weighted by Crippen LogP contribution is 2.35. The summed E-state index contributed by atoms with van der Waals surface area (Å²) < 4.78 is 5.31. The molecule has 2 N–H and O–H groups in total. The predicted octanol–water partition coefficient (Wildman–Crippen LogP) is 2.16. The molecule has 0 spiro atoms. The van der Waals surface area contributed by atoms with Crippen molar-refractivity contribution in [3.63, 3.8) is 0 Å². The monoisotopic (exact) mass is 360 g/mol. The lowest BCUT2D eigenvalue weighted by atomic mass is 9.92. The van der Waals surface area contributed by atoms with Gasteiger partial charge in [-0.1, -0.05) is 0 Å². The van der Waals surface area contributed by atoms with E-state index in [0.29, 0.717) is 42.2 Å². The summed E-state index contributed by atoms with van der Waals surface area (Å²) in [6, 6.07) is 5.66. The first-order chi connectivity index (χ1) is 13.1. The summed E-state index contributed by atoms with van der Waals surface area (Å²) in [5, 5.41) is 9.64. The van der Waals surface area contributed by atoms with Crippen molar-refractivity contribution in [2.24, 2.45) is 0 Å². The molecule has 0 saturated heterocycles. The lowest BCUT2D eigenvalue weighted by Crippen LogP contribution is -2.35. The molecule has 0 unspecified atom stereocenters. The number of carbonyl (C=O) groups is 1. The molecule has 1 aliphatic rings. The minimum Gasteiger partial charge on any atom is -0.461 e. The topological polar surface area (TPSA) is 122 Å². The van der Waals surface area contributed by atoms with Gasteiger partial charge in [-0.15, -0.1) is 0 Å². The second kappa shape index (κ2) is 6.53. The Hall–Kier alpha value is -3.73. The number of hydrogen-bond donors (Lipinski definition) is 1. The van der Waals surface area contributed by atoms with E-state index in [9.17, 15) is 10.1 Å². The van der Waals surface area contributed by atoms with Crippen molar-refractivity contribution in [1.29, 1.82) is 5.26 Å². The molecular weight excluding hydrogens is 344 g/mol. The van der Waals surface area contributed by atoms with Crippen molar-refractivity contribution in [3.05, 3.63) is 47.6 Å².